The van der Waals surface area contributed by atoms with E-state index in [2.05, 4.69) is 15.4 Å². The van der Waals surface area contributed by atoms with Gasteiger partial charge < -0.3 is 10.4 Å². The fourth-order valence-corrected chi connectivity index (χ4v) is 2.24. The minimum absolute atomic E-state index is 0.101. The molecule has 0 aliphatic heterocycles. The van der Waals surface area contributed by atoms with Crippen LogP contribution in [0.4, 0.5) is 0 Å². The first-order valence-corrected chi connectivity index (χ1v) is 6.94. The summed E-state index contributed by atoms with van der Waals surface area (Å²) in [6.07, 6.45) is 1.65. The largest absolute Gasteiger partial charge is 0.394 e. The van der Waals surface area contributed by atoms with E-state index in [1.165, 1.54) is 5.56 Å². The van der Waals surface area contributed by atoms with E-state index in [9.17, 15) is 0 Å². The van der Waals surface area contributed by atoms with Gasteiger partial charge in [0.2, 0.25) is 0 Å². The summed E-state index contributed by atoms with van der Waals surface area (Å²) in [4.78, 5) is 4.24. The molecule has 0 saturated heterocycles. The van der Waals surface area contributed by atoms with E-state index in [1.54, 1.807) is 6.20 Å². The van der Waals surface area contributed by atoms with Gasteiger partial charge >= 0.3 is 0 Å². The molecule has 108 valence electrons. The minimum atomic E-state index is 0.101. The Bertz CT molecular complexity index is 565. The molecule has 0 radical (unpaired) electrons. The van der Waals surface area contributed by atoms with Crippen molar-refractivity contribution in [3.05, 3.63) is 46.0 Å². The first-order valence-electron chi connectivity index (χ1n) is 6.56. The molecule has 6 heteroatoms. The van der Waals surface area contributed by atoms with Crippen LogP contribution in [-0.2, 0) is 19.6 Å². The second-order valence-corrected chi connectivity index (χ2v) is 5.10. The quantitative estimate of drug-likeness (QED) is 0.853. The maximum Gasteiger partial charge on any atom is 0.0644 e. The predicted molar refractivity (Wildman–Crippen MR) is 78.6 cm³/mol. The van der Waals surface area contributed by atoms with E-state index < -0.39 is 0 Å². The Morgan fingerprint density at radius 1 is 1.30 bits per heavy atom. The monoisotopic (exact) mass is 294 g/mol. The van der Waals surface area contributed by atoms with Crippen LogP contribution in [0.25, 0.3) is 0 Å². The van der Waals surface area contributed by atoms with Crippen LogP contribution >= 0.6 is 11.6 Å². The molecule has 0 aliphatic carbocycles. The predicted octanol–water partition coefficient (Wildman–Crippen LogP) is 1.83. The molecule has 20 heavy (non-hydrogen) atoms. The fourth-order valence-electron chi connectivity index (χ4n) is 2.13. The Morgan fingerprint density at radius 2 is 2.10 bits per heavy atom. The van der Waals surface area contributed by atoms with Crippen molar-refractivity contribution in [1.82, 2.24) is 20.1 Å². The lowest BCUT2D eigenvalue weighted by atomic mass is 10.2. The maximum absolute atomic E-state index is 9.00. The molecule has 5 nitrogen and oxygen atoms in total. The molecular weight excluding hydrogens is 276 g/mol. The van der Waals surface area contributed by atoms with E-state index in [4.69, 9.17) is 16.7 Å². The van der Waals surface area contributed by atoms with Crippen molar-refractivity contribution < 1.29 is 5.11 Å². The van der Waals surface area contributed by atoms with Crippen LogP contribution in [0.1, 0.15) is 22.6 Å². The maximum atomic E-state index is 9.00. The molecule has 2 aromatic rings. The minimum Gasteiger partial charge on any atom is -0.394 e. The third-order valence-corrected chi connectivity index (χ3v) is 3.46. The number of nitrogens with one attached hydrogen (secondary N) is 1. The molecular formula is C14H19ClN4O. The van der Waals surface area contributed by atoms with E-state index in [-0.39, 0.29) is 6.61 Å². The van der Waals surface area contributed by atoms with E-state index in [1.807, 2.05) is 30.7 Å². The summed E-state index contributed by atoms with van der Waals surface area (Å²) >= 11 is 5.80. The molecule has 0 aliphatic rings. The number of hydrogen-bond acceptors (Lipinski definition) is 4. The molecule has 2 aromatic heterocycles. The lowest BCUT2D eigenvalue weighted by Crippen LogP contribution is -2.15. The Morgan fingerprint density at radius 3 is 2.75 bits per heavy atom. The number of nitrogens with zero attached hydrogens (tertiary/aromatic N) is 3. The molecule has 0 atom stereocenters. The average Bonchev–Trinajstić information content (AvgIpc) is 2.69. The first kappa shape index (κ1) is 15.0. The van der Waals surface area contributed by atoms with Gasteiger partial charge in [-0.05, 0) is 26.0 Å². The van der Waals surface area contributed by atoms with Crippen molar-refractivity contribution >= 4 is 11.6 Å². The molecule has 2 N–H and O–H groups in total. The second-order valence-electron chi connectivity index (χ2n) is 4.67. The summed E-state index contributed by atoms with van der Waals surface area (Å²) in [7, 11) is 0. The number of hydrogen-bond donors (Lipinski definition) is 2. The summed E-state index contributed by atoms with van der Waals surface area (Å²) in [5, 5.41) is 17.4. The van der Waals surface area contributed by atoms with Crippen molar-refractivity contribution in [2.45, 2.75) is 33.5 Å². The normalized spacial score (nSPS) is 11.0. The Labute approximate surface area is 123 Å². The zero-order chi connectivity index (χ0) is 14.5. The Kier molecular flexibility index (Phi) is 5.11. The van der Waals surface area contributed by atoms with Gasteiger partial charge in [-0.1, -0.05) is 11.6 Å². The van der Waals surface area contributed by atoms with Crippen molar-refractivity contribution in [2.75, 3.05) is 6.61 Å². The zero-order valence-electron chi connectivity index (χ0n) is 11.7. The van der Waals surface area contributed by atoms with Crippen molar-refractivity contribution in [1.29, 1.82) is 0 Å². The summed E-state index contributed by atoms with van der Waals surface area (Å²) in [5.74, 6) is 0. The number of aliphatic hydroxyl groups excluding tert-OH is 1. The van der Waals surface area contributed by atoms with Crippen LogP contribution in [0, 0.1) is 13.8 Å². The van der Waals surface area contributed by atoms with Gasteiger partial charge in [0.1, 0.15) is 0 Å². The summed E-state index contributed by atoms with van der Waals surface area (Å²) < 4.78 is 1.84. The van der Waals surface area contributed by atoms with Gasteiger partial charge in [-0.3, -0.25) is 9.67 Å². The topological polar surface area (TPSA) is 63.0 Å². The van der Waals surface area contributed by atoms with Crippen molar-refractivity contribution in [2.24, 2.45) is 0 Å². The summed E-state index contributed by atoms with van der Waals surface area (Å²) in [5.41, 5.74) is 4.21. The van der Waals surface area contributed by atoms with Crippen LogP contribution in [0.15, 0.2) is 18.3 Å². The lowest BCUT2D eigenvalue weighted by Gasteiger charge is -2.06. The van der Waals surface area contributed by atoms with Crippen LogP contribution in [0.3, 0.4) is 0 Å². The van der Waals surface area contributed by atoms with E-state index in [0.717, 1.165) is 23.6 Å². The van der Waals surface area contributed by atoms with Crippen LogP contribution < -0.4 is 5.32 Å². The van der Waals surface area contributed by atoms with Crippen LogP contribution in [0.5, 0.6) is 0 Å². The SMILES string of the molecule is Cc1nn(CCO)c(C)c1CNCc1ccc(Cl)cn1. The van der Waals surface area contributed by atoms with Crippen molar-refractivity contribution in [3.63, 3.8) is 0 Å². The van der Waals surface area contributed by atoms with Crippen LogP contribution in [0.2, 0.25) is 5.02 Å². The number of aromatic nitrogens is 3. The fraction of sp³-hybridized carbons (Fsp3) is 0.429. The lowest BCUT2D eigenvalue weighted by molar-refractivity contribution is 0.267. The van der Waals surface area contributed by atoms with Crippen molar-refractivity contribution in [3.8, 4) is 0 Å². The highest BCUT2D eigenvalue weighted by atomic mass is 35.5. The Balaban J connectivity index is 1.95. The van der Waals surface area contributed by atoms with Gasteiger partial charge in [0, 0.05) is 30.5 Å². The molecule has 0 bridgehead atoms. The third kappa shape index (κ3) is 3.56. The van der Waals surface area contributed by atoms with E-state index >= 15 is 0 Å². The van der Waals surface area contributed by atoms with Gasteiger partial charge in [0.25, 0.3) is 0 Å². The molecule has 0 unspecified atom stereocenters. The molecule has 0 fully saturated rings. The second kappa shape index (κ2) is 6.83. The van der Waals surface area contributed by atoms with Gasteiger partial charge in [0.05, 0.1) is 29.6 Å². The molecule has 0 saturated carbocycles. The molecule has 2 rings (SSSR count). The number of aliphatic hydroxyl groups is 1. The standard InChI is InChI=1S/C14H19ClN4O/c1-10-14(11(2)19(18-10)5-6-20)9-16-8-13-4-3-12(15)7-17-13/h3-4,7,16,20H,5-6,8-9H2,1-2H3. The molecule has 0 spiro atoms. The average molecular weight is 295 g/mol. The van der Waals surface area contributed by atoms with Gasteiger partial charge in [0.15, 0.2) is 0 Å². The summed E-state index contributed by atoms with van der Waals surface area (Å²) in [6, 6.07) is 3.74. The van der Waals surface area contributed by atoms with Gasteiger partial charge in [-0.25, -0.2) is 0 Å². The molecule has 0 aromatic carbocycles. The first-order chi connectivity index (χ1) is 9.61. The Hall–Kier alpha value is -1.43. The molecule has 2 heterocycles. The van der Waals surface area contributed by atoms with Gasteiger partial charge in [-0.15, -0.1) is 0 Å². The highest BCUT2D eigenvalue weighted by Gasteiger charge is 2.10. The van der Waals surface area contributed by atoms with Gasteiger partial charge in [-0.2, -0.15) is 5.10 Å². The molecule has 0 amide bonds. The number of halogens is 1. The zero-order valence-corrected chi connectivity index (χ0v) is 12.5. The third-order valence-electron chi connectivity index (χ3n) is 3.24. The van der Waals surface area contributed by atoms with Crippen LogP contribution in [-0.4, -0.2) is 26.5 Å². The van der Waals surface area contributed by atoms with E-state index in [0.29, 0.717) is 18.1 Å². The highest BCUT2D eigenvalue weighted by molar-refractivity contribution is 6.30. The number of pyridine rings is 1. The summed E-state index contributed by atoms with van der Waals surface area (Å²) in [6.45, 7) is 6.05. The number of aryl methyl sites for hydroxylation is 1. The highest BCUT2D eigenvalue weighted by Crippen LogP contribution is 2.13. The number of rotatable bonds is 6. The smallest absolute Gasteiger partial charge is 0.0644 e.